The first-order valence-corrected chi connectivity index (χ1v) is 7.35. The highest BCUT2D eigenvalue weighted by Gasteiger charge is 2.06. The fraction of sp³-hybridized carbons (Fsp3) is 0.0625. The number of nitrogens with one attached hydrogen (secondary N) is 4. The lowest BCUT2D eigenvalue weighted by molar-refractivity contribution is -0.114. The average Bonchev–Trinajstić information content (AvgIpc) is 2.55. The molecule has 0 aromatic heterocycles. The van der Waals surface area contributed by atoms with Gasteiger partial charge >= 0.3 is 0 Å². The summed E-state index contributed by atoms with van der Waals surface area (Å²) in [6.45, 7) is 1.40. The molecule has 0 fully saturated rings. The molecule has 24 heavy (non-hydrogen) atoms. The molecule has 0 aliphatic rings. The Balaban J connectivity index is 1.84. The number of hydrazine groups is 1. The molecule has 0 saturated heterocycles. The van der Waals surface area contributed by atoms with Gasteiger partial charge in [0.1, 0.15) is 5.82 Å². The van der Waals surface area contributed by atoms with E-state index < -0.39 is 5.91 Å². The molecule has 4 N–H and O–H groups in total. The van der Waals surface area contributed by atoms with Gasteiger partial charge in [0.05, 0.1) is 0 Å². The van der Waals surface area contributed by atoms with Gasteiger partial charge in [0.2, 0.25) is 5.91 Å². The Morgan fingerprint density at radius 1 is 0.875 bits per heavy atom. The topological polar surface area (TPSA) is 82.3 Å². The number of carbonyl (C=O) groups is 2. The first kappa shape index (κ1) is 17.4. The average molecular weight is 346 g/mol. The summed E-state index contributed by atoms with van der Waals surface area (Å²) in [6.07, 6.45) is 0. The Kier molecular flexibility index (Phi) is 5.80. The smallest absolute Gasteiger partial charge is 0.269 e. The Morgan fingerprint density at radius 3 is 2.00 bits per heavy atom. The fourth-order valence-corrected chi connectivity index (χ4v) is 1.96. The molecule has 0 bridgehead atoms. The number of rotatable bonds is 3. The summed E-state index contributed by atoms with van der Waals surface area (Å²) >= 11 is 5.03. The number of amides is 2. The number of benzene rings is 2. The van der Waals surface area contributed by atoms with Gasteiger partial charge in [-0.05, 0) is 60.7 Å². The van der Waals surface area contributed by atoms with Crippen molar-refractivity contribution in [1.82, 2.24) is 10.9 Å². The molecule has 0 radical (unpaired) electrons. The van der Waals surface area contributed by atoms with Crippen LogP contribution in [0.1, 0.15) is 17.3 Å². The van der Waals surface area contributed by atoms with E-state index in [9.17, 15) is 14.0 Å². The molecule has 2 amide bonds. The summed E-state index contributed by atoms with van der Waals surface area (Å²) in [5.74, 6) is -0.936. The maximum absolute atomic E-state index is 12.8. The van der Waals surface area contributed by atoms with Crippen molar-refractivity contribution < 1.29 is 14.0 Å². The third-order valence-corrected chi connectivity index (χ3v) is 3.06. The quantitative estimate of drug-likeness (QED) is 0.507. The van der Waals surface area contributed by atoms with E-state index in [-0.39, 0.29) is 16.8 Å². The molecule has 6 nitrogen and oxygen atoms in total. The molecular formula is C16H15FN4O2S. The summed E-state index contributed by atoms with van der Waals surface area (Å²) in [6, 6.07) is 12.0. The van der Waals surface area contributed by atoms with E-state index in [0.29, 0.717) is 16.9 Å². The van der Waals surface area contributed by atoms with Crippen LogP contribution in [-0.2, 0) is 4.79 Å². The standard InChI is InChI=1S/C16H15FN4O2S/c1-10(22)18-13-6-2-11(3-7-13)15(23)20-21-16(24)19-14-8-4-12(17)5-9-14/h2-9H,1H3,(H,18,22)(H,20,23)(H2,19,21,24). The molecule has 0 spiro atoms. The molecule has 0 aliphatic heterocycles. The van der Waals surface area contributed by atoms with E-state index >= 15 is 0 Å². The van der Waals surface area contributed by atoms with Crippen LogP contribution < -0.4 is 21.5 Å². The molecule has 2 aromatic carbocycles. The van der Waals surface area contributed by atoms with Crippen LogP contribution >= 0.6 is 12.2 Å². The number of halogens is 1. The van der Waals surface area contributed by atoms with E-state index in [1.54, 1.807) is 24.3 Å². The lowest BCUT2D eigenvalue weighted by Crippen LogP contribution is -2.43. The Hall–Kier alpha value is -3.00. The van der Waals surface area contributed by atoms with E-state index in [1.165, 1.54) is 31.2 Å². The SMILES string of the molecule is CC(=O)Nc1ccc(C(=O)NNC(=S)Nc2ccc(F)cc2)cc1. The van der Waals surface area contributed by atoms with Gasteiger partial charge in [-0.25, -0.2) is 4.39 Å². The molecule has 2 rings (SSSR count). The minimum atomic E-state index is -0.396. The molecule has 8 heteroatoms. The highest BCUT2D eigenvalue weighted by atomic mass is 32.1. The minimum Gasteiger partial charge on any atom is -0.331 e. The van der Waals surface area contributed by atoms with Crippen LogP contribution in [0.25, 0.3) is 0 Å². The fourth-order valence-electron chi connectivity index (χ4n) is 1.79. The van der Waals surface area contributed by atoms with Crippen molar-refractivity contribution in [3.05, 3.63) is 59.9 Å². The van der Waals surface area contributed by atoms with Crippen molar-refractivity contribution in [1.29, 1.82) is 0 Å². The molecule has 2 aromatic rings. The van der Waals surface area contributed by atoms with Crippen LogP contribution in [-0.4, -0.2) is 16.9 Å². The zero-order valence-corrected chi connectivity index (χ0v) is 13.5. The molecular weight excluding hydrogens is 331 g/mol. The first-order chi connectivity index (χ1) is 11.4. The zero-order chi connectivity index (χ0) is 17.5. The van der Waals surface area contributed by atoms with Gasteiger partial charge in [0.15, 0.2) is 5.11 Å². The summed E-state index contributed by atoms with van der Waals surface area (Å²) in [5.41, 5.74) is 6.56. The Bertz CT molecular complexity index is 748. The summed E-state index contributed by atoms with van der Waals surface area (Å²) in [4.78, 5) is 22.9. The second kappa shape index (κ2) is 8.02. The van der Waals surface area contributed by atoms with Crippen molar-refractivity contribution in [3.63, 3.8) is 0 Å². The number of hydrogen-bond acceptors (Lipinski definition) is 3. The summed E-state index contributed by atoms with van der Waals surface area (Å²) in [5, 5.41) is 5.56. The van der Waals surface area contributed by atoms with Crippen molar-refractivity contribution in [2.24, 2.45) is 0 Å². The largest absolute Gasteiger partial charge is 0.331 e. The van der Waals surface area contributed by atoms with E-state index in [4.69, 9.17) is 12.2 Å². The third-order valence-electron chi connectivity index (χ3n) is 2.86. The van der Waals surface area contributed by atoms with E-state index in [1.807, 2.05) is 0 Å². The zero-order valence-electron chi connectivity index (χ0n) is 12.7. The van der Waals surface area contributed by atoms with Crippen molar-refractivity contribution in [2.75, 3.05) is 10.6 Å². The summed E-state index contributed by atoms with van der Waals surface area (Å²) in [7, 11) is 0. The normalized spacial score (nSPS) is 9.75. The Labute approximate surface area is 143 Å². The van der Waals surface area contributed by atoms with Crippen molar-refractivity contribution >= 4 is 40.5 Å². The van der Waals surface area contributed by atoms with Gasteiger partial charge in [0, 0.05) is 23.9 Å². The van der Waals surface area contributed by atoms with Gasteiger partial charge in [0.25, 0.3) is 5.91 Å². The number of thiocarbonyl (C=S) groups is 1. The van der Waals surface area contributed by atoms with Gasteiger partial charge in [-0.15, -0.1) is 0 Å². The minimum absolute atomic E-state index is 0.157. The van der Waals surface area contributed by atoms with E-state index in [0.717, 1.165) is 0 Å². The van der Waals surface area contributed by atoms with Crippen molar-refractivity contribution in [3.8, 4) is 0 Å². The second-order valence-corrected chi connectivity index (χ2v) is 5.21. The molecule has 0 saturated carbocycles. The van der Waals surface area contributed by atoms with Crippen LogP contribution in [0.3, 0.4) is 0 Å². The molecule has 0 atom stereocenters. The van der Waals surface area contributed by atoms with Crippen LogP contribution in [0.2, 0.25) is 0 Å². The van der Waals surface area contributed by atoms with Crippen LogP contribution in [0.5, 0.6) is 0 Å². The molecule has 0 unspecified atom stereocenters. The highest BCUT2D eigenvalue weighted by Crippen LogP contribution is 2.09. The predicted molar refractivity (Wildman–Crippen MR) is 94.0 cm³/mol. The molecule has 124 valence electrons. The van der Waals surface area contributed by atoms with E-state index in [2.05, 4.69) is 21.5 Å². The van der Waals surface area contributed by atoms with Gasteiger partial charge in [-0.3, -0.25) is 20.4 Å². The van der Waals surface area contributed by atoms with Crippen LogP contribution in [0.15, 0.2) is 48.5 Å². The lowest BCUT2D eigenvalue weighted by Gasteiger charge is -2.12. The lowest BCUT2D eigenvalue weighted by atomic mass is 10.2. The third kappa shape index (κ3) is 5.33. The Morgan fingerprint density at radius 2 is 1.42 bits per heavy atom. The number of anilines is 2. The number of hydrogen-bond donors (Lipinski definition) is 4. The van der Waals surface area contributed by atoms with Gasteiger partial charge < -0.3 is 10.6 Å². The molecule has 0 aliphatic carbocycles. The van der Waals surface area contributed by atoms with Crippen LogP contribution in [0.4, 0.5) is 15.8 Å². The first-order valence-electron chi connectivity index (χ1n) is 6.94. The second-order valence-electron chi connectivity index (χ2n) is 4.80. The van der Waals surface area contributed by atoms with Crippen molar-refractivity contribution in [2.45, 2.75) is 6.92 Å². The maximum atomic E-state index is 12.8. The molecule has 0 heterocycles. The van der Waals surface area contributed by atoms with Crippen LogP contribution in [0, 0.1) is 5.82 Å². The predicted octanol–water partition coefficient (Wildman–Crippen LogP) is 2.42. The highest BCUT2D eigenvalue weighted by molar-refractivity contribution is 7.80. The monoisotopic (exact) mass is 346 g/mol. The number of carbonyl (C=O) groups excluding carboxylic acids is 2. The van der Waals surface area contributed by atoms with Gasteiger partial charge in [-0.1, -0.05) is 0 Å². The van der Waals surface area contributed by atoms with Gasteiger partial charge in [-0.2, -0.15) is 0 Å². The summed E-state index contributed by atoms with van der Waals surface area (Å²) < 4.78 is 12.8. The maximum Gasteiger partial charge on any atom is 0.269 e.